The highest BCUT2D eigenvalue weighted by Gasteiger charge is 2.35. The van der Waals surface area contributed by atoms with Crippen molar-refractivity contribution in [3.63, 3.8) is 0 Å². The summed E-state index contributed by atoms with van der Waals surface area (Å²) in [7, 11) is 0. The number of carbonyl (C=O) groups is 2. The molecule has 2 N–H and O–H groups in total. The second-order valence-electron chi connectivity index (χ2n) is 7.90. The van der Waals surface area contributed by atoms with Gasteiger partial charge in [-0.05, 0) is 31.2 Å². The molecule has 1 fully saturated rings. The fourth-order valence-corrected chi connectivity index (χ4v) is 3.48. The van der Waals surface area contributed by atoms with E-state index in [1.54, 1.807) is 0 Å². The van der Waals surface area contributed by atoms with Crippen LogP contribution < -0.4 is 5.32 Å². The highest BCUT2D eigenvalue weighted by molar-refractivity contribution is 5.75. The highest BCUT2D eigenvalue weighted by atomic mass is 16.4. The Morgan fingerprint density at radius 2 is 2.04 bits per heavy atom. The summed E-state index contributed by atoms with van der Waals surface area (Å²) >= 11 is 0. The van der Waals surface area contributed by atoms with Crippen LogP contribution >= 0.6 is 0 Å². The Balaban J connectivity index is 1.75. The molecule has 0 bridgehead atoms. The number of nitrogens with one attached hydrogen (secondary N) is 1. The van der Waals surface area contributed by atoms with Gasteiger partial charge in [0.15, 0.2) is 0 Å². The standard InChI is InChI=1S/C18H31N3O3/c1-5-20(12-16(22)23)15-10-14(11-15)19-17(24)21-8-6-13(7-9-21)18(2,3)4/h6,14-15H,5,7-12H2,1-4H3,(H,19,24)(H,22,23). The Morgan fingerprint density at radius 1 is 1.38 bits per heavy atom. The third-order valence-corrected chi connectivity index (χ3v) is 5.16. The van der Waals surface area contributed by atoms with E-state index >= 15 is 0 Å². The molecule has 2 aliphatic rings. The molecule has 0 spiro atoms. The van der Waals surface area contributed by atoms with Crippen LogP contribution in [0.5, 0.6) is 0 Å². The van der Waals surface area contributed by atoms with E-state index in [-0.39, 0.29) is 30.1 Å². The Kier molecular flexibility index (Phi) is 5.91. The molecule has 1 aliphatic carbocycles. The minimum absolute atomic E-state index is 0.00365. The van der Waals surface area contributed by atoms with E-state index < -0.39 is 5.97 Å². The van der Waals surface area contributed by atoms with E-state index in [1.807, 2.05) is 16.7 Å². The zero-order valence-electron chi connectivity index (χ0n) is 15.3. The van der Waals surface area contributed by atoms with E-state index in [0.29, 0.717) is 6.54 Å². The molecule has 1 heterocycles. The van der Waals surface area contributed by atoms with Gasteiger partial charge in [0.05, 0.1) is 6.54 Å². The van der Waals surface area contributed by atoms with E-state index in [0.717, 1.165) is 32.4 Å². The van der Waals surface area contributed by atoms with Crippen molar-refractivity contribution in [2.45, 2.75) is 59.0 Å². The number of rotatable bonds is 5. The topological polar surface area (TPSA) is 72.9 Å². The van der Waals surface area contributed by atoms with E-state index in [2.05, 4.69) is 32.2 Å². The molecule has 6 nitrogen and oxygen atoms in total. The second-order valence-corrected chi connectivity index (χ2v) is 7.90. The summed E-state index contributed by atoms with van der Waals surface area (Å²) in [6, 6.07) is 0.437. The molecule has 24 heavy (non-hydrogen) atoms. The van der Waals surface area contributed by atoms with E-state index in [4.69, 9.17) is 5.11 Å². The van der Waals surface area contributed by atoms with Gasteiger partial charge in [-0.25, -0.2) is 4.79 Å². The van der Waals surface area contributed by atoms with Crippen LogP contribution in [0.2, 0.25) is 0 Å². The molecule has 6 heteroatoms. The molecule has 0 radical (unpaired) electrons. The predicted molar refractivity (Wildman–Crippen MR) is 94.0 cm³/mol. The summed E-state index contributed by atoms with van der Waals surface area (Å²) in [5, 5.41) is 12.0. The van der Waals surface area contributed by atoms with Crippen molar-refractivity contribution in [3.05, 3.63) is 11.6 Å². The molecular formula is C18H31N3O3. The number of carboxylic acids is 1. The summed E-state index contributed by atoms with van der Waals surface area (Å²) in [5.74, 6) is -0.793. The Bertz CT molecular complexity index is 504. The molecule has 0 aromatic heterocycles. The summed E-state index contributed by atoms with van der Waals surface area (Å²) in [5.41, 5.74) is 1.60. The largest absolute Gasteiger partial charge is 0.480 e. The maximum Gasteiger partial charge on any atom is 0.317 e. The first-order chi connectivity index (χ1) is 11.2. The SMILES string of the molecule is CCN(CC(=O)O)C1CC(NC(=O)N2CC=C(C(C)(C)C)CC2)C1. The molecule has 136 valence electrons. The average Bonchev–Trinajstić information content (AvgIpc) is 2.47. The first-order valence-corrected chi connectivity index (χ1v) is 8.91. The van der Waals surface area contributed by atoms with E-state index in [9.17, 15) is 9.59 Å². The fraction of sp³-hybridized carbons (Fsp3) is 0.778. The molecule has 0 saturated heterocycles. The maximum absolute atomic E-state index is 12.4. The summed E-state index contributed by atoms with van der Waals surface area (Å²) < 4.78 is 0. The molecule has 2 rings (SSSR count). The molecular weight excluding hydrogens is 306 g/mol. The third kappa shape index (κ3) is 4.72. The zero-order chi connectivity index (χ0) is 17.9. The number of hydrogen-bond donors (Lipinski definition) is 2. The smallest absolute Gasteiger partial charge is 0.317 e. The van der Waals surface area contributed by atoms with Gasteiger partial charge in [0.25, 0.3) is 0 Å². The van der Waals surface area contributed by atoms with Crippen LogP contribution in [0.3, 0.4) is 0 Å². The Labute approximate surface area is 144 Å². The monoisotopic (exact) mass is 337 g/mol. The highest BCUT2D eigenvalue weighted by Crippen LogP contribution is 2.30. The summed E-state index contributed by atoms with van der Waals surface area (Å²) in [6.45, 7) is 10.8. The molecule has 2 amide bonds. The predicted octanol–water partition coefficient (Wildman–Crippen LogP) is 2.31. The van der Waals surface area contributed by atoms with Crippen LogP contribution in [-0.2, 0) is 4.79 Å². The van der Waals surface area contributed by atoms with Gasteiger partial charge in [-0.2, -0.15) is 0 Å². The maximum atomic E-state index is 12.4. The lowest BCUT2D eigenvalue weighted by Gasteiger charge is -2.43. The van der Waals surface area contributed by atoms with Crippen LogP contribution in [-0.4, -0.2) is 65.2 Å². The van der Waals surface area contributed by atoms with Crippen molar-refractivity contribution >= 4 is 12.0 Å². The lowest BCUT2D eigenvalue weighted by molar-refractivity contribution is -0.139. The first-order valence-electron chi connectivity index (χ1n) is 8.91. The quantitative estimate of drug-likeness (QED) is 0.755. The van der Waals surface area contributed by atoms with Gasteiger partial charge < -0.3 is 15.3 Å². The van der Waals surface area contributed by atoms with Gasteiger partial charge in [0.2, 0.25) is 0 Å². The van der Waals surface area contributed by atoms with Gasteiger partial charge in [-0.1, -0.05) is 39.3 Å². The molecule has 0 aromatic carbocycles. The number of amides is 2. The minimum Gasteiger partial charge on any atom is -0.480 e. The number of carboxylic acid groups (broad SMARTS) is 1. The van der Waals surface area contributed by atoms with Crippen molar-refractivity contribution in [2.24, 2.45) is 5.41 Å². The molecule has 1 aliphatic heterocycles. The Hall–Kier alpha value is -1.56. The third-order valence-electron chi connectivity index (χ3n) is 5.16. The van der Waals surface area contributed by atoms with Gasteiger partial charge in [0, 0.05) is 25.2 Å². The summed E-state index contributed by atoms with van der Waals surface area (Å²) in [6.07, 6.45) is 4.79. The molecule has 1 saturated carbocycles. The van der Waals surface area contributed by atoms with E-state index in [1.165, 1.54) is 5.57 Å². The van der Waals surface area contributed by atoms with Crippen LogP contribution in [0.15, 0.2) is 11.6 Å². The van der Waals surface area contributed by atoms with Gasteiger partial charge in [-0.15, -0.1) is 0 Å². The van der Waals surface area contributed by atoms with Crippen molar-refractivity contribution in [1.29, 1.82) is 0 Å². The number of aliphatic carboxylic acids is 1. The summed E-state index contributed by atoms with van der Waals surface area (Å²) in [4.78, 5) is 27.0. The molecule has 0 unspecified atom stereocenters. The first kappa shape index (κ1) is 18.8. The van der Waals surface area contributed by atoms with Gasteiger partial charge >= 0.3 is 12.0 Å². The van der Waals surface area contributed by atoms with Crippen molar-refractivity contribution in [2.75, 3.05) is 26.2 Å². The van der Waals surface area contributed by atoms with Crippen LogP contribution in [0, 0.1) is 5.41 Å². The number of nitrogens with zero attached hydrogens (tertiary/aromatic N) is 2. The van der Waals surface area contributed by atoms with Gasteiger partial charge in [0.1, 0.15) is 0 Å². The molecule has 0 aromatic rings. The lowest BCUT2D eigenvalue weighted by Crippen LogP contribution is -2.57. The normalized spacial score (nSPS) is 24.4. The average molecular weight is 337 g/mol. The number of hydrogen-bond acceptors (Lipinski definition) is 3. The van der Waals surface area contributed by atoms with Crippen molar-refractivity contribution < 1.29 is 14.7 Å². The number of urea groups is 1. The second kappa shape index (κ2) is 7.55. The minimum atomic E-state index is -0.793. The van der Waals surface area contributed by atoms with Crippen molar-refractivity contribution in [3.8, 4) is 0 Å². The zero-order valence-corrected chi connectivity index (χ0v) is 15.3. The molecule has 0 atom stereocenters. The lowest BCUT2D eigenvalue weighted by atomic mass is 9.83. The van der Waals surface area contributed by atoms with Crippen LogP contribution in [0.4, 0.5) is 4.79 Å². The van der Waals surface area contributed by atoms with Crippen LogP contribution in [0.1, 0.15) is 47.0 Å². The number of carbonyl (C=O) groups excluding carboxylic acids is 1. The van der Waals surface area contributed by atoms with Crippen molar-refractivity contribution in [1.82, 2.24) is 15.1 Å². The van der Waals surface area contributed by atoms with Crippen LogP contribution in [0.25, 0.3) is 0 Å². The Morgan fingerprint density at radius 3 is 2.50 bits per heavy atom. The fourth-order valence-electron chi connectivity index (χ4n) is 3.48. The van der Waals surface area contributed by atoms with Gasteiger partial charge in [-0.3, -0.25) is 9.69 Å². The number of likely N-dealkylation sites (N-methyl/N-ethyl adjacent to an activating group) is 1.